The van der Waals surface area contributed by atoms with Gasteiger partial charge in [-0.3, -0.25) is 0 Å². The molecule has 0 amide bonds. The Morgan fingerprint density at radius 1 is 1.60 bits per heavy atom. The molecule has 0 radical (unpaired) electrons. The van der Waals surface area contributed by atoms with Gasteiger partial charge in [-0.15, -0.1) is 11.3 Å². The highest BCUT2D eigenvalue weighted by Crippen LogP contribution is 2.20. The Morgan fingerprint density at radius 2 is 2.40 bits per heavy atom. The van der Waals surface area contributed by atoms with Crippen molar-refractivity contribution < 1.29 is 0 Å². The fourth-order valence-corrected chi connectivity index (χ4v) is 1.85. The number of thiazole rings is 1. The minimum Gasteiger partial charge on any atom is -0.332 e. The molecule has 0 unspecified atom stereocenters. The van der Waals surface area contributed by atoms with Crippen LogP contribution in [0.2, 0.25) is 0 Å². The molecule has 2 rings (SSSR count). The first kappa shape index (κ1) is 5.92. The topological polar surface area (TPSA) is 17.8 Å². The lowest BCUT2D eigenvalue weighted by atomic mass is 10.5. The number of hydrogen-bond acceptors (Lipinski definition) is 2. The molecule has 2 nitrogen and oxygen atoms in total. The summed E-state index contributed by atoms with van der Waals surface area (Å²) in [6, 6.07) is 2.16. The molecule has 52 valence electrons. The highest BCUT2D eigenvalue weighted by molar-refractivity contribution is 7.16. The van der Waals surface area contributed by atoms with Crippen LogP contribution in [0.5, 0.6) is 0 Å². The standard InChI is InChI=1S/C7H8N2S/c1-5-3-6-7(9(5)2)8-4-10-6/h3-4H,1-2H3. The van der Waals surface area contributed by atoms with E-state index >= 15 is 0 Å². The summed E-state index contributed by atoms with van der Waals surface area (Å²) in [5, 5.41) is 0. The fourth-order valence-electron chi connectivity index (χ4n) is 1.05. The maximum atomic E-state index is 4.22. The first-order chi connectivity index (χ1) is 4.79. The van der Waals surface area contributed by atoms with Crippen molar-refractivity contribution in [3.05, 3.63) is 17.3 Å². The minimum atomic E-state index is 1.10. The third-order valence-electron chi connectivity index (χ3n) is 1.76. The van der Waals surface area contributed by atoms with E-state index < -0.39 is 0 Å². The quantitative estimate of drug-likeness (QED) is 0.564. The van der Waals surface area contributed by atoms with Crippen molar-refractivity contribution in [2.24, 2.45) is 7.05 Å². The van der Waals surface area contributed by atoms with Gasteiger partial charge in [-0.1, -0.05) is 0 Å². The Hall–Kier alpha value is -0.830. The molecule has 0 aromatic carbocycles. The van der Waals surface area contributed by atoms with Gasteiger partial charge >= 0.3 is 0 Å². The van der Waals surface area contributed by atoms with Crippen LogP contribution in [0.1, 0.15) is 5.69 Å². The molecule has 0 N–H and O–H groups in total. The monoisotopic (exact) mass is 152 g/mol. The zero-order valence-corrected chi connectivity index (χ0v) is 6.77. The molecule has 0 saturated carbocycles. The summed E-state index contributed by atoms with van der Waals surface area (Å²) in [4.78, 5) is 4.22. The van der Waals surface area contributed by atoms with E-state index in [4.69, 9.17) is 0 Å². The molecule has 3 heteroatoms. The van der Waals surface area contributed by atoms with E-state index in [-0.39, 0.29) is 0 Å². The number of hydrogen-bond donors (Lipinski definition) is 0. The maximum Gasteiger partial charge on any atom is 0.150 e. The summed E-state index contributed by atoms with van der Waals surface area (Å²) in [6.45, 7) is 2.09. The van der Waals surface area contributed by atoms with Crippen molar-refractivity contribution in [1.29, 1.82) is 0 Å². The largest absolute Gasteiger partial charge is 0.332 e. The van der Waals surface area contributed by atoms with Gasteiger partial charge in [0.25, 0.3) is 0 Å². The zero-order chi connectivity index (χ0) is 7.14. The molecular weight excluding hydrogens is 144 g/mol. The van der Waals surface area contributed by atoms with Gasteiger partial charge in [0.1, 0.15) is 0 Å². The summed E-state index contributed by atoms with van der Waals surface area (Å²) in [5.74, 6) is 0. The molecule has 10 heavy (non-hydrogen) atoms. The molecule has 2 heterocycles. The average molecular weight is 152 g/mol. The van der Waals surface area contributed by atoms with E-state index in [1.807, 2.05) is 12.6 Å². The SMILES string of the molecule is Cc1cc2scnc2n1C. The van der Waals surface area contributed by atoms with Gasteiger partial charge in [0.2, 0.25) is 0 Å². The van der Waals surface area contributed by atoms with Crippen LogP contribution in [-0.4, -0.2) is 9.55 Å². The maximum absolute atomic E-state index is 4.22. The van der Waals surface area contributed by atoms with Crippen LogP contribution >= 0.6 is 11.3 Å². The highest BCUT2D eigenvalue weighted by Gasteiger charge is 2.02. The first-order valence-electron chi connectivity index (χ1n) is 3.14. The lowest BCUT2D eigenvalue weighted by Crippen LogP contribution is -1.89. The first-order valence-corrected chi connectivity index (χ1v) is 4.02. The molecule has 0 bridgehead atoms. The van der Waals surface area contributed by atoms with E-state index in [0.717, 1.165) is 5.65 Å². The van der Waals surface area contributed by atoms with Crippen LogP contribution in [-0.2, 0) is 7.05 Å². The van der Waals surface area contributed by atoms with Gasteiger partial charge in [0.05, 0.1) is 10.2 Å². The number of nitrogens with zero attached hydrogens (tertiary/aromatic N) is 2. The second kappa shape index (κ2) is 1.83. The molecule has 0 aliphatic heterocycles. The van der Waals surface area contributed by atoms with Crippen LogP contribution in [0.25, 0.3) is 10.3 Å². The summed E-state index contributed by atoms with van der Waals surface area (Å²) >= 11 is 1.69. The van der Waals surface area contributed by atoms with Crippen LogP contribution in [0.15, 0.2) is 11.6 Å². The average Bonchev–Trinajstić information content (AvgIpc) is 2.41. The Kier molecular flexibility index (Phi) is 1.08. The molecule has 0 spiro atoms. The molecule has 0 aliphatic rings. The summed E-state index contributed by atoms with van der Waals surface area (Å²) in [5.41, 5.74) is 4.25. The lowest BCUT2D eigenvalue weighted by Gasteiger charge is -1.92. The third-order valence-corrected chi connectivity index (χ3v) is 2.53. The Labute approximate surface area is 63.1 Å². The fraction of sp³-hybridized carbons (Fsp3) is 0.286. The summed E-state index contributed by atoms with van der Waals surface area (Å²) < 4.78 is 3.38. The predicted molar refractivity (Wildman–Crippen MR) is 43.3 cm³/mol. The highest BCUT2D eigenvalue weighted by atomic mass is 32.1. The van der Waals surface area contributed by atoms with Gasteiger partial charge < -0.3 is 4.57 Å². The van der Waals surface area contributed by atoms with Crippen molar-refractivity contribution in [3.8, 4) is 0 Å². The van der Waals surface area contributed by atoms with Crippen LogP contribution < -0.4 is 0 Å². The lowest BCUT2D eigenvalue weighted by molar-refractivity contribution is 0.904. The van der Waals surface area contributed by atoms with E-state index in [2.05, 4.69) is 22.5 Å². The minimum absolute atomic E-state index is 1.10. The second-order valence-corrected chi connectivity index (χ2v) is 3.27. The summed E-state index contributed by atoms with van der Waals surface area (Å²) in [7, 11) is 2.04. The zero-order valence-electron chi connectivity index (χ0n) is 5.96. The van der Waals surface area contributed by atoms with Crippen molar-refractivity contribution in [1.82, 2.24) is 9.55 Å². The smallest absolute Gasteiger partial charge is 0.150 e. The summed E-state index contributed by atoms with van der Waals surface area (Å²) in [6.07, 6.45) is 0. The van der Waals surface area contributed by atoms with E-state index in [0.29, 0.717) is 0 Å². The number of fused-ring (bicyclic) bond motifs is 1. The second-order valence-electron chi connectivity index (χ2n) is 2.38. The molecule has 0 fully saturated rings. The van der Waals surface area contributed by atoms with Gasteiger partial charge in [-0.05, 0) is 13.0 Å². The van der Waals surface area contributed by atoms with Gasteiger partial charge in [0.15, 0.2) is 5.65 Å². The van der Waals surface area contributed by atoms with E-state index in [9.17, 15) is 0 Å². The molecule has 0 aliphatic carbocycles. The van der Waals surface area contributed by atoms with Gasteiger partial charge in [-0.2, -0.15) is 0 Å². The van der Waals surface area contributed by atoms with Crippen LogP contribution in [0.4, 0.5) is 0 Å². The van der Waals surface area contributed by atoms with Crippen molar-refractivity contribution in [2.45, 2.75) is 6.92 Å². The number of aryl methyl sites for hydroxylation is 2. The van der Waals surface area contributed by atoms with Crippen molar-refractivity contribution in [2.75, 3.05) is 0 Å². The van der Waals surface area contributed by atoms with E-state index in [1.165, 1.54) is 10.4 Å². The Morgan fingerprint density at radius 3 is 3.10 bits per heavy atom. The number of aromatic nitrogens is 2. The van der Waals surface area contributed by atoms with Crippen LogP contribution in [0, 0.1) is 6.92 Å². The number of rotatable bonds is 0. The molecule has 0 atom stereocenters. The molecule has 0 saturated heterocycles. The molecule has 2 aromatic heterocycles. The van der Waals surface area contributed by atoms with Gasteiger partial charge in [0, 0.05) is 12.7 Å². The van der Waals surface area contributed by atoms with Crippen molar-refractivity contribution >= 4 is 21.7 Å². The van der Waals surface area contributed by atoms with Crippen molar-refractivity contribution in [3.63, 3.8) is 0 Å². The van der Waals surface area contributed by atoms with E-state index in [1.54, 1.807) is 11.3 Å². The van der Waals surface area contributed by atoms with Gasteiger partial charge in [-0.25, -0.2) is 4.98 Å². The molecule has 2 aromatic rings. The Balaban J connectivity index is 2.95. The molecular formula is C7H8N2S. The van der Waals surface area contributed by atoms with Crippen LogP contribution in [0.3, 0.4) is 0 Å². The predicted octanol–water partition coefficient (Wildman–Crippen LogP) is 1.94. The Bertz CT molecular complexity index is 358. The third kappa shape index (κ3) is 0.609. The normalized spacial score (nSPS) is 11.0.